The summed E-state index contributed by atoms with van der Waals surface area (Å²) in [7, 11) is 0. The molecule has 4 nitrogen and oxygen atoms in total. The fourth-order valence-electron chi connectivity index (χ4n) is 3.78. The van der Waals surface area contributed by atoms with Crippen molar-refractivity contribution < 1.29 is 15.0 Å². The molecule has 3 aromatic rings. The van der Waals surface area contributed by atoms with Gasteiger partial charge in [0.05, 0.1) is 5.52 Å². The number of hydrogen-bond donors (Lipinski definition) is 2. The Morgan fingerprint density at radius 1 is 1.07 bits per heavy atom. The third-order valence-corrected chi connectivity index (χ3v) is 5.45. The maximum atomic E-state index is 11.8. The Morgan fingerprint density at radius 3 is 2.57 bits per heavy atom. The predicted molar refractivity (Wildman–Crippen MR) is 110 cm³/mol. The van der Waals surface area contributed by atoms with Gasteiger partial charge in [-0.15, -0.1) is 0 Å². The van der Waals surface area contributed by atoms with Gasteiger partial charge in [-0.1, -0.05) is 42.0 Å². The fourth-order valence-corrected chi connectivity index (χ4v) is 3.96. The van der Waals surface area contributed by atoms with E-state index in [9.17, 15) is 15.0 Å². The number of carbonyl (C=O) groups is 1. The highest BCUT2D eigenvalue weighted by atomic mass is 35.5. The van der Waals surface area contributed by atoms with Crippen molar-refractivity contribution in [2.45, 2.75) is 37.7 Å². The Morgan fingerprint density at radius 2 is 1.86 bits per heavy atom. The first kappa shape index (κ1) is 18.6. The number of aromatic nitrogens is 1. The monoisotopic (exact) mass is 393 g/mol. The maximum absolute atomic E-state index is 11.8. The molecule has 142 valence electrons. The van der Waals surface area contributed by atoms with E-state index in [0.29, 0.717) is 23.6 Å². The van der Waals surface area contributed by atoms with Crippen LogP contribution in [0.15, 0.2) is 48.5 Å². The number of aromatic carboxylic acids is 1. The number of nitrogens with zero attached hydrogens (tertiary/aromatic N) is 1. The number of hydrogen-bond acceptors (Lipinski definition) is 2. The number of aliphatic hydroxyl groups is 1. The smallest absolute Gasteiger partial charge is 0.352 e. The lowest BCUT2D eigenvalue weighted by atomic mass is 9.85. The van der Waals surface area contributed by atoms with Gasteiger partial charge in [-0.25, -0.2) is 4.79 Å². The van der Waals surface area contributed by atoms with Crippen LogP contribution in [-0.4, -0.2) is 26.4 Å². The standard InChI is InChI=1S/C23H20ClNO3/c24-18-5-4-6-19(15-18)25-20-13-16(7-8-17(20)14-21(25)22(26)27)9-12-23(28)10-2-1-3-11-23/h4-8,13-15,28H,1-3,10-11H2,(H,26,27). The van der Waals surface area contributed by atoms with Crippen LogP contribution in [0.25, 0.3) is 16.6 Å². The van der Waals surface area contributed by atoms with Crippen molar-refractivity contribution in [1.29, 1.82) is 0 Å². The number of fused-ring (bicyclic) bond motifs is 1. The summed E-state index contributed by atoms with van der Waals surface area (Å²) in [5.41, 5.74) is 1.39. The lowest BCUT2D eigenvalue weighted by molar-refractivity contribution is 0.0609. The Hall–Kier alpha value is -2.74. The lowest BCUT2D eigenvalue weighted by Crippen LogP contribution is -2.29. The van der Waals surface area contributed by atoms with Gasteiger partial charge in [0.1, 0.15) is 11.3 Å². The molecule has 1 aliphatic rings. The molecule has 1 aromatic heterocycles. The Bertz CT molecular complexity index is 1110. The fraction of sp³-hybridized carbons (Fsp3) is 0.261. The van der Waals surface area contributed by atoms with E-state index in [1.807, 2.05) is 24.3 Å². The van der Waals surface area contributed by atoms with Crippen molar-refractivity contribution in [3.05, 3.63) is 64.8 Å². The molecule has 2 aromatic carbocycles. The summed E-state index contributed by atoms with van der Waals surface area (Å²) in [4.78, 5) is 11.8. The molecule has 0 aliphatic heterocycles. The lowest BCUT2D eigenvalue weighted by Gasteiger charge is -2.26. The average Bonchev–Trinajstić information content (AvgIpc) is 3.06. The van der Waals surface area contributed by atoms with Crippen LogP contribution in [0.4, 0.5) is 0 Å². The van der Waals surface area contributed by atoms with Crippen LogP contribution in [0.3, 0.4) is 0 Å². The third kappa shape index (κ3) is 3.64. The molecule has 0 amide bonds. The number of rotatable bonds is 2. The first-order valence-corrected chi connectivity index (χ1v) is 9.73. The molecule has 4 rings (SSSR count). The van der Waals surface area contributed by atoms with Crippen molar-refractivity contribution >= 4 is 28.5 Å². The van der Waals surface area contributed by atoms with E-state index in [4.69, 9.17) is 11.6 Å². The van der Waals surface area contributed by atoms with Gasteiger partial charge in [-0.05, 0) is 62.1 Å². The predicted octanol–water partition coefficient (Wildman–Crippen LogP) is 5.03. The van der Waals surface area contributed by atoms with Gasteiger partial charge in [0.25, 0.3) is 0 Å². The molecule has 0 bridgehead atoms. The van der Waals surface area contributed by atoms with Gasteiger partial charge in [0.15, 0.2) is 0 Å². The highest BCUT2D eigenvalue weighted by molar-refractivity contribution is 6.30. The minimum absolute atomic E-state index is 0.160. The summed E-state index contributed by atoms with van der Waals surface area (Å²) < 4.78 is 1.67. The first-order valence-electron chi connectivity index (χ1n) is 9.35. The molecule has 0 atom stereocenters. The van der Waals surface area contributed by atoms with Gasteiger partial charge in [0, 0.05) is 21.7 Å². The van der Waals surface area contributed by atoms with Crippen LogP contribution < -0.4 is 0 Å². The van der Waals surface area contributed by atoms with Crippen molar-refractivity contribution in [2.24, 2.45) is 0 Å². The van der Waals surface area contributed by atoms with Crippen molar-refractivity contribution in [2.75, 3.05) is 0 Å². The van der Waals surface area contributed by atoms with Crippen LogP contribution in [0.1, 0.15) is 48.2 Å². The molecule has 0 spiro atoms. The van der Waals surface area contributed by atoms with Crippen LogP contribution in [-0.2, 0) is 0 Å². The number of benzene rings is 2. The largest absolute Gasteiger partial charge is 0.477 e. The Labute approximate surface area is 168 Å². The van der Waals surface area contributed by atoms with Crippen molar-refractivity contribution in [3.63, 3.8) is 0 Å². The molecule has 1 heterocycles. The molecule has 0 radical (unpaired) electrons. The molecular formula is C23H20ClNO3. The van der Waals surface area contributed by atoms with Gasteiger partial charge in [0.2, 0.25) is 0 Å². The quantitative estimate of drug-likeness (QED) is 0.600. The number of halogens is 1. The van der Waals surface area contributed by atoms with E-state index >= 15 is 0 Å². The van der Waals surface area contributed by atoms with Gasteiger partial charge >= 0.3 is 5.97 Å². The second-order valence-corrected chi connectivity index (χ2v) is 7.70. The maximum Gasteiger partial charge on any atom is 0.352 e. The normalized spacial score (nSPS) is 15.8. The summed E-state index contributed by atoms with van der Waals surface area (Å²) in [5.74, 6) is 5.11. The highest BCUT2D eigenvalue weighted by Gasteiger charge is 2.26. The Balaban J connectivity index is 1.83. The van der Waals surface area contributed by atoms with E-state index in [-0.39, 0.29) is 5.69 Å². The van der Waals surface area contributed by atoms with E-state index in [1.54, 1.807) is 28.8 Å². The molecule has 1 aliphatic carbocycles. The third-order valence-electron chi connectivity index (χ3n) is 5.21. The minimum Gasteiger partial charge on any atom is -0.477 e. The molecule has 2 N–H and O–H groups in total. The number of carboxylic acids is 1. The van der Waals surface area contributed by atoms with Gasteiger partial charge in [-0.2, -0.15) is 0 Å². The molecule has 28 heavy (non-hydrogen) atoms. The van der Waals surface area contributed by atoms with Crippen molar-refractivity contribution in [3.8, 4) is 17.5 Å². The minimum atomic E-state index is -1.01. The zero-order valence-electron chi connectivity index (χ0n) is 15.3. The molecule has 1 saturated carbocycles. The van der Waals surface area contributed by atoms with E-state index in [0.717, 1.165) is 35.7 Å². The summed E-state index contributed by atoms with van der Waals surface area (Å²) in [6.45, 7) is 0. The first-order chi connectivity index (χ1) is 13.5. The average molecular weight is 394 g/mol. The van der Waals surface area contributed by atoms with Crippen LogP contribution in [0.2, 0.25) is 5.02 Å². The Kier molecular flexibility index (Phi) is 4.89. The topological polar surface area (TPSA) is 62.5 Å². The summed E-state index contributed by atoms with van der Waals surface area (Å²) in [6, 6.07) is 14.3. The molecule has 0 saturated heterocycles. The second-order valence-electron chi connectivity index (χ2n) is 7.27. The highest BCUT2D eigenvalue weighted by Crippen LogP contribution is 2.29. The second kappa shape index (κ2) is 7.35. The van der Waals surface area contributed by atoms with E-state index in [1.165, 1.54) is 0 Å². The number of carboxylic acid groups (broad SMARTS) is 1. The molecule has 0 unspecified atom stereocenters. The summed E-state index contributed by atoms with van der Waals surface area (Å²) in [5, 5.41) is 21.6. The van der Waals surface area contributed by atoms with Crippen LogP contribution in [0, 0.1) is 11.8 Å². The SMILES string of the molecule is O=C(O)c1cc2ccc(C#CC3(O)CCCCC3)cc2n1-c1cccc(Cl)c1. The van der Waals surface area contributed by atoms with Crippen molar-refractivity contribution in [1.82, 2.24) is 4.57 Å². The zero-order chi connectivity index (χ0) is 19.7. The van der Waals surface area contributed by atoms with E-state index < -0.39 is 11.6 Å². The van der Waals surface area contributed by atoms with Crippen LogP contribution >= 0.6 is 11.6 Å². The zero-order valence-corrected chi connectivity index (χ0v) is 16.0. The molecule has 5 heteroatoms. The molecule has 1 fully saturated rings. The van der Waals surface area contributed by atoms with E-state index in [2.05, 4.69) is 11.8 Å². The van der Waals surface area contributed by atoms with Gasteiger partial charge < -0.3 is 14.8 Å². The summed E-state index contributed by atoms with van der Waals surface area (Å²) in [6.07, 6.45) is 4.52. The summed E-state index contributed by atoms with van der Waals surface area (Å²) >= 11 is 6.12. The van der Waals surface area contributed by atoms with Crippen LogP contribution in [0.5, 0.6) is 0 Å². The van der Waals surface area contributed by atoms with Gasteiger partial charge in [-0.3, -0.25) is 0 Å². The molecular weight excluding hydrogens is 374 g/mol.